The highest BCUT2D eigenvalue weighted by Gasteiger charge is 2.10. The minimum Gasteiger partial charge on any atom is -0.369 e. The van der Waals surface area contributed by atoms with Gasteiger partial charge in [0.25, 0.3) is 0 Å². The fourth-order valence-electron chi connectivity index (χ4n) is 1.46. The third kappa shape index (κ3) is 2.28. The second-order valence-electron chi connectivity index (χ2n) is 3.53. The van der Waals surface area contributed by atoms with Crippen molar-refractivity contribution in [3.8, 4) is 10.6 Å². The molecule has 2 rings (SSSR count). The summed E-state index contributed by atoms with van der Waals surface area (Å²) in [5.41, 5.74) is 7.03. The summed E-state index contributed by atoms with van der Waals surface area (Å²) in [4.78, 5) is 16.3. The quantitative estimate of drug-likeness (QED) is 0.881. The molecule has 0 aliphatic carbocycles. The highest BCUT2D eigenvalue weighted by molar-refractivity contribution is 7.15. The maximum Gasteiger partial charge on any atom is 0.223 e. The van der Waals surface area contributed by atoms with E-state index in [-0.39, 0.29) is 12.3 Å². The minimum absolute atomic E-state index is 0.217. The molecule has 82 valence electrons. The SMILES string of the molecule is Cc1sc(-c2ccccc2)nc1CC(N)=O. The summed E-state index contributed by atoms with van der Waals surface area (Å²) in [5.74, 6) is -0.340. The second kappa shape index (κ2) is 4.45. The van der Waals surface area contributed by atoms with Crippen LogP contribution in [-0.2, 0) is 11.2 Å². The molecule has 16 heavy (non-hydrogen) atoms. The fourth-order valence-corrected chi connectivity index (χ4v) is 2.40. The summed E-state index contributed by atoms with van der Waals surface area (Å²) < 4.78 is 0. The highest BCUT2D eigenvalue weighted by Crippen LogP contribution is 2.27. The van der Waals surface area contributed by atoms with Crippen LogP contribution in [0.2, 0.25) is 0 Å². The van der Waals surface area contributed by atoms with Crippen molar-refractivity contribution >= 4 is 17.2 Å². The van der Waals surface area contributed by atoms with Gasteiger partial charge in [-0.15, -0.1) is 11.3 Å². The lowest BCUT2D eigenvalue weighted by molar-refractivity contribution is -0.117. The van der Waals surface area contributed by atoms with Gasteiger partial charge in [0, 0.05) is 10.4 Å². The number of thiazole rings is 1. The Balaban J connectivity index is 2.34. The van der Waals surface area contributed by atoms with E-state index < -0.39 is 0 Å². The average Bonchev–Trinajstić information content (AvgIpc) is 2.61. The Bertz CT molecular complexity index is 505. The Kier molecular flexibility index (Phi) is 3.01. The zero-order valence-electron chi connectivity index (χ0n) is 8.93. The van der Waals surface area contributed by atoms with Crippen LogP contribution in [0.5, 0.6) is 0 Å². The molecule has 3 nitrogen and oxygen atoms in total. The number of hydrogen-bond acceptors (Lipinski definition) is 3. The van der Waals surface area contributed by atoms with E-state index in [1.165, 1.54) is 0 Å². The van der Waals surface area contributed by atoms with Gasteiger partial charge < -0.3 is 5.73 Å². The predicted octanol–water partition coefficient (Wildman–Crippen LogP) is 2.15. The molecule has 0 fully saturated rings. The average molecular weight is 232 g/mol. The molecule has 0 aliphatic rings. The number of amides is 1. The summed E-state index contributed by atoms with van der Waals surface area (Å²) in [7, 11) is 0. The summed E-state index contributed by atoms with van der Waals surface area (Å²) in [5, 5.41) is 0.939. The molecule has 1 heterocycles. The fraction of sp³-hybridized carbons (Fsp3) is 0.167. The molecule has 0 saturated heterocycles. The van der Waals surface area contributed by atoms with E-state index in [1.54, 1.807) is 11.3 Å². The third-order valence-electron chi connectivity index (χ3n) is 2.26. The lowest BCUT2D eigenvalue weighted by atomic mass is 10.2. The molecule has 1 aromatic carbocycles. The van der Waals surface area contributed by atoms with Crippen LogP contribution in [0.4, 0.5) is 0 Å². The maximum absolute atomic E-state index is 10.9. The van der Waals surface area contributed by atoms with Crippen molar-refractivity contribution in [3.05, 3.63) is 40.9 Å². The van der Waals surface area contributed by atoms with Crippen LogP contribution in [0, 0.1) is 6.92 Å². The van der Waals surface area contributed by atoms with Crippen LogP contribution in [0.25, 0.3) is 10.6 Å². The van der Waals surface area contributed by atoms with Gasteiger partial charge in [-0.1, -0.05) is 30.3 Å². The standard InChI is InChI=1S/C12H12N2OS/c1-8-10(7-11(13)15)14-12(16-8)9-5-3-2-4-6-9/h2-6H,7H2,1H3,(H2,13,15). The van der Waals surface area contributed by atoms with Crippen LogP contribution >= 0.6 is 11.3 Å². The van der Waals surface area contributed by atoms with E-state index in [1.807, 2.05) is 37.3 Å². The van der Waals surface area contributed by atoms with Crippen LogP contribution < -0.4 is 5.73 Å². The Morgan fingerprint density at radius 1 is 1.38 bits per heavy atom. The number of aryl methyl sites for hydroxylation is 1. The number of aromatic nitrogens is 1. The molecule has 0 spiro atoms. The van der Waals surface area contributed by atoms with Gasteiger partial charge in [0.05, 0.1) is 12.1 Å². The van der Waals surface area contributed by atoms with Crippen molar-refractivity contribution in [1.29, 1.82) is 0 Å². The van der Waals surface area contributed by atoms with Gasteiger partial charge in [-0.05, 0) is 6.92 Å². The lowest BCUT2D eigenvalue weighted by Gasteiger charge is -1.93. The number of carbonyl (C=O) groups is 1. The van der Waals surface area contributed by atoms with Crippen LogP contribution in [-0.4, -0.2) is 10.9 Å². The van der Waals surface area contributed by atoms with E-state index in [2.05, 4.69) is 4.98 Å². The van der Waals surface area contributed by atoms with Crippen molar-refractivity contribution in [2.24, 2.45) is 5.73 Å². The summed E-state index contributed by atoms with van der Waals surface area (Å²) in [6.07, 6.45) is 0.217. The molecule has 4 heteroatoms. The predicted molar refractivity (Wildman–Crippen MR) is 65.2 cm³/mol. The molecular formula is C12H12N2OS. The number of benzene rings is 1. The van der Waals surface area contributed by atoms with E-state index in [0.29, 0.717) is 0 Å². The molecule has 2 N–H and O–H groups in total. The Morgan fingerprint density at radius 3 is 2.69 bits per heavy atom. The lowest BCUT2D eigenvalue weighted by Crippen LogP contribution is -2.14. The van der Waals surface area contributed by atoms with Gasteiger partial charge in [0.2, 0.25) is 5.91 Å². The first-order valence-corrected chi connectivity index (χ1v) is 5.78. The molecule has 1 aromatic heterocycles. The maximum atomic E-state index is 10.9. The topological polar surface area (TPSA) is 56.0 Å². The Hall–Kier alpha value is -1.68. The molecule has 0 aliphatic heterocycles. The first kappa shape index (κ1) is 10.8. The monoisotopic (exact) mass is 232 g/mol. The Morgan fingerprint density at radius 2 is 2.06 bits per heavy atom. The van der Waals surface area contributed by atoms with Crippen LogP contribution in [0.1, 0.15) is 10.6 Å². The van der Waals surface area contributed by atoms with E-state index in [4.69, 9.17) is 5.73 Å². The van der Waals surface area contributed by atoms with Crippen molar-refractivity contribution in [3.63, 3.8) is 0 Å². The van der Waals surface area contributed by atoms with Gasteiger partial charge in [-0.3, -0.25) is 4.79 Å². The molecule has 2 aromatic rings. The van der Waals surface area contributed by atoms with Gasteiger partial charge in [-0.2, -0.15) is 0 Å². The molecule has 0 radical (unpaired) electrons. The van der Waals surface area contributed by atoms with Crippen LogP contribution in [0.3, 0.4) is 0 Å². The number of hydrogen-bond donors (Lipinski definition) is 1. The smallest absolute Gasteiger partial charge is 0.223 e. The number of rotatable bonds is 3. The first-order valence-electron chi connectivity index (χ1n) is 4.97. The number of nitrogens with zero attached hydrogens (tertiary/aromatic N) is 1. The minimum atomic E-state index is -0.340. The molecule has 0 saturated carbocycles. The van der Waals surface area contributed by atoms with Crippen molar-refractivity contribution in [1.82, 2.24) is 4.98 Å². The summed E-state index contributed by atoms with van der Waals surface area (Å²) in [6, 6.07) is 9.92. The highest BCUT2D eigenvalue weighted by atomic mass is 32.1. The van der Waals surface area contributed by atoms with Gasteiger partial charge in [-0.25, -0.2) is 4.98 Å². The largest absolute Gasteiger partial charge is 0.369 e. The Labute approximate surface area is 97.9 Å². The van der Waals surface area contributed by atoms with E-state index in [9.17, 15) is 4.79 Å². The van der Waals surface area contributed by atoms with Gasteiger partial charge >= 0.3 is 0 Å². The van der Waals surface area contributed by atoms with E-state index >= 15 is 0 Å². The van der Waals surface area contributed by atoms with E-state index in [0.717, 1.165) is 21.1 Å². The second-order valence-corrected chi connectivity index (χ2v) is 4.73. The number of carbonyl (C=O) groups excluding carboxylic acids is 1. The van der Waals surface area contributed by atoms with Crippen molar-refractivity contribution in [2.75, 3.05) is 0 Å². The normalized spacial score (nSPS) is 10.3. The molecule has 0 unspecified atom stereocenters. The summed E-state index contributed by atoms with van der Waals surface area (Å²) in [6.45, 7) is 1.96. The van der Waals surface area contributed by atoms with Crippen LogP contribution in [0.15, 0.2) is 30.3 Å². The zero-order valence-corrected chi connectivity index (χ0v) is 9.75. The first-order chi connectivity index (χ1) is 7.66. The molecule has 0 bridgehead atoms. The molecule has 0 atom stereocenters. The van der Waals surface area contributed by atoms with Gasteiger partial charge in [0.1, 0.15) is 5.01 Å². The zero-order chi connectivity index (χ0) is 11.5. The molecule has 1 amide bonds. The third-order valence-corrected chi connectivity index (χ3v) is 3.32. The van der Waals surface area contributed by atoms with Gasteiger partial charge in [0.15, 0.2) is 0 Å². The molecular weight excluding hydrogens is 220 g/mol. The summed E-state index contributed by atoms with van der Waals surface area (Å²) >= 11 is 1.59. The number of nitrogens with two attached hydrogens (primary N) is 1. The van der Waals surface area contributed by atoms with Crippen molar-refractivity contribution < 1.29 is 4.79 Å². The van der Waals surface area contributed by atoms with Crippen molar-refractivity contribution in [2.45, 2.75) is 13.3 Å². The number of primary amides is 1.